The highest BCUT2D eigenvalue weighted by molar-refractivity contribution is 5.10. The molecule has 0 bridgehead atoms. The number of rotatable bonds is 5. The Morgan fingerprint density at radius 3 is 2.95 bits per heavy atom. The van der Waals surface area contributed by atoms with Crippen molar-refractivity contribution in [2.75, 3.05) is 20.6 Å². The first-order chi connectivity index (χ1) is 10.2. The van der Waals surface area contributed by atoms with Crippen molar-refractivity contribution in [3.63, 3.8) is 0 Å². The Bertz CT molecular complexity index is 565. The first-order valence-corrected chi connectivity index (χ1v) is 7.39. The largest absolute Gasteiger partial charge is 0.347 e. The van der Waals surface area contributed by atoms with E-state index in [1.165, 1.54) is 6.42 Å². The van der Waals surface area contributed by atoms with Gasteiger partial charge in [0.25, 0.3) is 0 Å². The van der Waals surface area contributed by atoms with Gasteiger partial charge in [-0.2, -0.15) is 0 Å². The Morgan fingerprint density at radius 2 is 2.19 bits per heavy atom. The zero-order valence-corrected chi connectivity index (χ0v) is 12.7. The van der Waals surface area contributed by atoms with E-state index in [1.807, 2.05) is 18.6 Å². The lowest BCUT2D eigenvalue weighted by molar-refractivity contribution is 0.240. The van der Waals surface area contributed by atoms with E-state index in [9.17, 15) is 0 Å². The molecule has 3 rings (SSSR count). The summed E-state index contributed by atoms with van der Waals surface area (Å²) < 4.78 is 0. The first kappa shape index (κ1) is 14.2. The summed E-state index contributed by atoms with van der Waals surface area (Å²) in [5, 5.41) is 0. The number of aromatic nitrogens is 4. The summed E-state index contributed by atoms with van der Waals surface area (Å²) >= 11 is 0. The molecule has 3 heterocycles. The molecule has 2 aromatic rings. The van der Waals surface area contributed by atoms with E-state index in [1.54, 1.807) is 6.33 Å². The molecule has 112 valence electrons. The topological polar surface area (TPSA) is 60.9 Å². The lowest BCUT2D eigenvalue weighted by atomic mass is 10.1. The fourth-order valence-electron chi connectivity index (χ4n) is 2.92. The molecule has 6 heteroatoms. The SMILES string of the molecule is CN(C)Cc1cncc([C@@H]2CCCN2Cc2cnc[nH]2)n1. The summed E-state index contributed by atoms with van der Waals surface area (Å²) in [6.45, 7) is 2.82. The van der Waals surface area contributed by atoms with Gasteiger partial charge in [0.15, 0.2) is 0 Å². The molecule has 1 atom stereocenters. The highest BCUT2D eigenvalue weighted by Crippen LogP contribution is 2.31. The number of nitrogens with one attached hydrogen (secondary N) is 1. The van der Waals surface area contributed by atoms with Crippen molar-refractivity contribution >= 4 is 0 Å². The Balaban J connectivity index is 1.75. The van der Waals surface area contributed by atoms with Gasteiger partial charge in [-0.15, -0.1) is 0 Å². The van der Waals surface area contributed by atoms with Gasteiger partial charge in [-0.3, -0.25) is 14.9 Å². The van der Waals surface area contributed by atoms with E-state index in [0.717, 1.165) is 43.1 Å². The third-order valence-corrected chi connectivity index (χ3v) is 3.81. The number of hydrogen-bond donors (Lipinski definition) is 1. The van der Waals surface area contributed by atoms with Gasteiger partial charge in [0.1, 0.15) is 0 Å². The molecule has 1 N–H and O–H groups in total. The minimum atomic E-state index is 0.364. The fourth-order valence-corrected chi connectivity index (χ4v) is 2.92. The van der Waals surface area contributed by atoms with Crippen LogP contribution in [0.15, 0.2) is 24.9 Å². The molecule has 0 unspecified atom stereocenters. The molecule has 0 aliphatic carbocycles. The van der Waals surface area contributed by atoms with Gasteiger partial charge in [-0.25, -0.2) is 4.98 Å². The summed E-state index contributed by atoms with van der Waals surface area (Å²) in [6, 6.07) is 0.364. The Labute approximate surface area is 125 Å². The van der Waals surface area contributed by atoms with E-state index < -0.39 is 0 Å². The molecule has 1 fully saturated rings. The fraction of sp³-hybridized carbons (Fsp3) is 0.533. The average molecular weight is 286 g/mol. The van der Waals surface area contributed by atoms with E-state index in [4.69, 9.17) is 4.98 Å². The molecule has 1 saturated heterocycles. The first-order valence-electron chi connectivity index (χ1n) is 7.39. The summed E-state index contributed by atoms with van der Waals surface area (Å²) in [5.41, 5.74) is 3.27. The van der Waals surface area contributed by atoms with Crippen molar-refractivity contribution in [1.29, 1.82) is 0 Å². The predicted octanol–water partition coefficient (Wildman–Crippen LogP) is 1.60. The van der Waals surface area contributed by atoms with Crippen LogP contribution in [0.5, 0.6) is 0 Å². The quantitative estimate of drug-likeness (QED) is 0.904. The van der Waals surface area contributed by atoms with Crippen molar-refractivity contribution in [2.24, 2.45) is 0 Å². The second-order valence-electron chi connectivity index (χ2n) is 5.88. The van der Waals surface area contributed by atoms with Crippen LogP contribution in [0.1, 0.15) is 36.0 Å². The Hall–Kier alpha value is -1.79. The van der Waals surface area contributed by atoms with Crippen molar-refractivity contribution in [2.45, 2.75) is 32.0 Å². The Morgan fingerprint density at radius 1 is 1.29 bits per heavy atom. The molecule has 0 spiro atoms. The van der Waals surface area contributed by atoms with E-state index in [0.29, 0.717) is 6.04 Å². The number of aromatic amines is 1. The van der Waals surface area contributed by atoms with Gasteiger partial charge in [0.2, 0.25) is 0 Å². The van der Waals surface area contributed by atoms with Crippen molar-refractivity contribution in [3.8, 4) is 0 Å². The molecular weight excluding hydrogens is 264 g/mol. The maximum absolute atomic E-state index is 4.80. The molecular formula is C15H22N6. The van der Waals surface area contributed by atoms with E-state index >= 15 is 0 Å². The van der Waals surface area contributed by atoms with Gasteiger partial charge in [0.05, 0.1) is 23.8 Å². The molecule has 1 aliphatic heterocycles. The predicted molar refractivity (Wildman–Crippen MR) is 80.4 cm³/mol. The van der Waals surface area contributed by atoms with Gasteiger partial charge in [-0.1, -0.05) is 0 Å². The molecule has 2 aromatic heterocycles. The third kappa shape index (κ3) is 3.46. The number of H-pyrrole nitrogens is 1. The number of imidazole rings is 1. The molecule has 6 nitrogen and oxygen atoms in total. The summed E-state index contributed by atoms with van der Waals surface area (Å²) in [5.74, 6) is 0. The van der Waals surface area contributed by atoms with Crippen LogP contribution in [0, 0.1) is 0 Å². The minimum absolute atomic E-state index is 0.364. The highest BCUT2D eigenvalue weighted by Gasteiger charge is 2.27. The van der Waals surface area contributed by atoms with Crippen LogP contribution in [-0.4, -0.2) is 50.4 Å². The van der Waals surface area contributed by atoms with Crippen molar-refractivity contribution < 1.29 is 0 Å². The van der Waals surface area contributed by atoms with Gasteiger partial charge >= 0.3 is 0 Å². The van der Waals surface area contributed by atoms with Gasteiger partial charge in [0, 0.05) is 37.4 Å². The van der Waals surface area contributed by atoms with Gasteiger partial charge in [-0.05, 0) is 33.5 Å². The molecule has 21 heavy (non-hydrogen) atoms. The van der Waals surface area contributed by atoms with Crippen LogP contribution in [0.4, 0.5) is 0 Å². The smallest absolute Gasteiger partial charge is 0.0922 e. The van der Waals surface area contributed by atoms with Crippen LogP contribution in [0.3, 0.4) is 0 Å². The standard InChI is InChI=1S/C15H22N6/c1-20(2)9-13-7-16-8-14(19-13)15-4-3-5-21(15)10-12-6-17-11-18-12/h6-8,11,15H,3-5,9-10H2,1-2H3,(H,17,18)/t15-/m0/s1. The number of hydrogen-bond acceptors (Lipinski definition) is 5. The van der Waals surface area contributed by atoms with E-state index in [2.05, 4.69) is 38.8 Å². The Kier molecular flexibility index (Phi) is 4.26. The highest BCUT2D eigenvalue weighted by atomic mass is 15.2. The maximum Gasteiger partial charge on any atom is 0.0922 e. The molecule has 0 amide bonds. The van der Waals surface area contributed by atoms with Crippen LogP contribution in [0.25, 0.3) is 0 Å². The zero-order chi connectivity index (χ0) is 14.7. The molecule has 0 aromatic carbocycles. The van der Waals surface area contributed by atoms with Crippen molar-refractivity contribution in [3.05, 3.63) is 42.0 Å². The number of nitrogens with zero attached hydrogens (tertiary/aromatic N) is 5. The van der Waals surface area contributed by atoms with Crippen LogP contribution in [0.2, 0.25) is 0 Å². The van der Waals surface area contributed by atoms with Crippen LogP contribution >= 0.6 is 0 Å². The van der Waals surface area contributed by atoms with Crippen LogP contribution < -0.4 is 0 Å². The summed E-state index contributed by atoms with van der Waals surface area (Å²) in [4.78, 5) is 21.0. The number of likely N-dealkylation sites (tertiary alicyclic amines) is 1. The molecule has 1 aliphatic rings. The second kappa shape index (κ2) is 6.32. The lowest BCUT2D eigenvalue weighted by Crippen LogP contribution is -2.24. The van der Waals surface area contributed by atoms with Gasteiger partial charge < -0.3 is 9.88 Å². The summed E-state index contributed by atoms with van der Waals surface area (Å²) in [6.07, 6.45) is 9.75. The van der Waals surface area contributed by atoms with Crippen molar-refractivity contribution in [1.82, 2.24) is 29.7 Å². The van der Waals surface area contributed by atoms with E-state index in [-0.39, 0.29) is 0 Å². The molecule has 0 saturated carbocycles. The van der Waals surface area contributed by atoms with Crippen LogP contribution in [-0.2, 0) is 13.1 Å². The molecule has 0 radical (unpaired) electrons. The summed E-state index contributed by atoms with van der Waals surface area (Å²) in [7, 11) is 4.10. The second-order valence-corrected chi connectivity index (χ2v) is 5.88. The average Bonchev–Trinajstić information content (AvgIpc) is 3.10. The lowest BCUT2D eigenvalue weighted by Gasteiger charge is -2.23. The minimum Gasteiger partial charge on any atom is -0.347 e. The monoisotopic (exact) mass is 286 g/mol. The maximum atomic E-state index is 4.80. The third-order valence-electron chi connectivity index (χ3n) is 3.81. The normalized spacial score (nSPS) is 19.5. The zero-order valence-electron chi connectivity index (χ0n) is 12.7.